The molecule has 4 rings (SSSR count). The Kier molecular flexibility index (Phi) is 10.1. The Bertz CT molecular complexity index is 1730. The lowest BCUT2D eigenvalue weighted by Crippen LogP contribution is -2.96. The average Bonchev–Trinajstić information content (AvgIpc) is 2.93. The van der Waals surface area contributed by atoms with Gasteiger partial charge in [0.25, 0.3) is 0 Å². The second-order valence-electron chi connectivity index (χ2n) is 12.4. The van der Waals surface area contributed by atoms with Crippen LogP contribution in [0.4, 0.5) is 28.4 Å². The SMILES string of the molecule is C=I(=N)[N+](c1ccc(Oc2ccc([NH+]([O-])c3ccc(OC(C)(C)C)cc3)cc2)cc1)(c1ccc(C(C)(C)C)c(N)c1)I(=C)=N. The van der Waals surface area contributed by atoms with Gasteiger partial charge in [-0.3, -0.25) is 0 Å². The molecule has 4 aromatic rings. The van der Waals surface area contributed by atoms with Crippen molar-refractivity contribution < 1.29 is 14.5 Å². The van der Waals surface area contributed by atoms with Gasteiger partial charge in [0.15, 0.2) is 50.3 Å². The Balaban J connectivity index is 1.55. The highest BCUT2D eigenvalue weighted by atomic mass is 127. The second kappa shape index (κ2) is 13.1. The highest BCUT2D eigenvalue weighted by Gasteiger charge is 2.36. The molecule has 1 unspecified atom stereocenters. The summed E-state index contributed by atoms with van der Waals surface area (Å²) < 4.78 is 38.3. The number of nitrogens with one attached hydrogen (secondary N) is 3. The minimum Gasteiger partial charge on any atom is -0.623 e. The van der Waals surface area contributed by atoms with Crippen LogP contribution in [-0.2, 0) is 5.41 Å². The van der Waals surface area contributed by atoms with E-state index in [1.165, 1.54) is 0 Å². The molecule has 0 aromatic heterocycles. The van der Waals surface area contributed by atoms with Crippen molar-refractivity contribution in [1.29, 1.82) is 7.12 Å². The molecule has 234 valence electrons. The molecule has 0 aliphatic rings. The Morgan fingerprint density at radius 3 is 1.55 bits per heavy atom. The van der Waals surface area contributed by atoms with E-state index in [2.05, 4.69) is 29.8 Å². The quantitative estimate of drug-likeness (QED) is 0.0582. The van der Waals surface area contributed by atoms with Crippen LogP contribution in [0.2, 0.25) is 0 Å². The third-order valence-electron chi connectivity index (χ3n) is 6.78. The Labute approximate surface area is 274 Å². The van der Waals surface area contributed by atoms with Crippen molar-refractivity contribution in [2.24, 2.45) is 0 Å². The molecular formula is C34H42I2N5O3+. The smallest absolute Gasteiger partial charge is 0.175 e. The maximum atomic E-state index is 13.0. The molecule has 0 bridgehead atoms. The fraction of sp³-hybridized carbons (Fsp3) is 0.235. The van der Waals surface area contributed by atoms with Crippen LogP contribution in [0.3, 0.4) is 0 Å². The number of halogens is 2. The van der Waals surface area contributed by atoms with Crippen molar-refractivity contribution in [3.05, 3.63) is 102 Å². The first kappa shape index (κ1) is 33.8. The Morgan fingerprint density at radius 2 is 1.14 bits per heavy atom. The summed E-state index contributed by atoms with van der Waals surface area (Å²) in [5.74, 6) is 1.91. The normalized spacial score (nSPS) is 14.3. The number of nitrogens with zero attached hydrogens (tertiary/aromatic N) is 1. The van der Waals surface area contributed by atoms with Gasteiger partial charge in [-0.15, -0.1) is 0 Å². The molecule has 10 heteroatoms. The predicted molar refractivity (Wildman–Crippen MR) is 202 cm³/mol. The van der Waals surface area contributed by atoms with Crippen LogP contribution in [0.1, 0.15) is 47.1 Å². The molecule has 0 aliphatic carbocycles. The molecule has 5 N–H and O–H groups in total. The topological polar surface area (TPSA) is 120 Å². The zero-order valence-electron chi connectivity index (χ0n) is 26.1. The first-order chi connectivity index (χ1) is 20.5. The third-order valence-corrected chi connectivity index (χ3v) is 18.1. The number of anilines is 1. The van der Waals surface area contributed by atoms with Gasteiger partial charge >= 0.3 is 0 Å². The average molecular weight is 823 g/mol. The minimum absolute atomic E-state index is 0.0841. The number of quaternary nitrogens is 2. The van der Waals surface area contributed by atoms with Gasteiger partial charge in [0, 0.05) is 54.2 Å². The number of hydrogen-bond donors (Lipinski definition) is 4. The predicted octanol–water partition coefficient (Wildman–Crippen LogP) is 9.75. The summed E-state index contributed by atoms with van der Waals surface area (Å²) in [6.45, 7) is 12.3. The van der Waals surface area contributed by atoms with Crippen molar-refractivity contribution in [2.75, 3.05) is 5.73 Å². The highest BCUT2D eigenvalue weighted by Crippen LogP contribution is 2.55. The van der Waals surface area contributed by atoms with E-state index in [4.69, 9.17) is 22.3 Å². The van der Waals surface area contributed by atoms with Gasteiger partial charge in [-0.25, -0.2) is 7.12 Å². The molecule has 44 heavy (non-hydrogen) atoms. The Morgan fingerprint density at radius 1 is 0.705 bits per heavy atom. The molecule has 0 spiro atoms. The molecular weight excluding hydrogens is 780 g/mol. The van der Waals surface area contributed by atoms with Crippen molar-refractivity contribution in [3.8, 4) is 17.2 Å². The lowest BCUT2D eigenvalue weighted by Gasteiger charge is -2.31. The van der Waals surface area contributed by atoms with Crippen LogP contribution in [0.15, 0.2) is 91.0 Å². The van der Waals surface area contributed by atoms with E-state index in [-0.39, 0.29) is 17.0 Å². The van der Waals surface area contributed by atoms with E-state index < -0.39 is 38.9 Å². The van der Waals surface area contributed by atoms with E-state index in [9.17, 15) is 5.21 Å². The third kappa shape index (κ3) is 7.42. The standard InChI is InChI=1S/C34H42I2N5O3/c1-33(2,3)31-22-15-27(23-32(31)37)41(35(7)38,36(8)39)26-13-20-29(21-14-26)43-28-16-9-24(10-17-28)40(42)25-11-18-30(19-12-25)44-34(4,5)6/h9-23,38-40H,7-8,37H2,1-6H3/q+1. The number of nitrogens with two attached hydrogens (primary N) is 1. The highest BCUT2D eigenvalue weighted by molar-refractivity contribution is 14.3. The molecule has 0 aliphatic heterocycles. The first-order valence-corrected chi connectivity index (χ1v) is 21.1. The van der Waals surface area contributed by atoms with Crippen molar-refractivity contribution >= 4 is 76.4 Å². The van der Waals surface area contributed by atoms with Crippen LogP contribution in [0.25, 0.3) is 0 Å². The summed E-state index contributed by atoms with van der Waals surface area (Å²) >= 11 is -5.47. The minimum atomic E-state index is -2.73. The van der Waals surface area contributed by atoms with Crippen molar-refractivity contribution in [3.63, 3.8) is 0 Å². The van der Waals surface area contributed by atoms with E-state index in [1.54, 1.807) is 36.4 Å². The molecule has 0 fully saturated rings. The van der Waals surface area contributed by atoms with Crippen LogP contribution in [-0.4, -0.2) is 14.6 Å². The van der Waals surface area contributed by atoms with Crippen LogP contribution in [0.5, 0.6) is 17.2 Å². The monoisotopic (exact) mass is 822 g/mol. The van der Waals surface area contributed by atoms with E-state index >= 15 is 0 Å². The van der Waals surface area contributed by atoms with E-state index in [1.807, 2.05) is 75.4 Å². The summed E-state index contributed by atoms with van der Waals surface area (Å²) in [6.07, 6.45) is 0. The lowest BCUT2D eigenvalue weighted by molar-refractivity contribution is -0.698. The van der Waals surface area contributed by atoms with Crippen molar-refractivity contribution in [1.82, 2.24) is 0.910 Å². The summed E-state index contributed by atoms with van der Waals surface area (Å²) in [4.78, 5) is 0. The van der Waals surface area contributed by atoms with Gasteiger partial charge in [-0.05, 0) is 77.2 Å². The number of nitrogen functional groups attached to an aromatic ring is 1. The van der Waals surface area contributed by atoms with Crippen molar-refractivity contribution in [2.45, 2.75) is 52.6 Å². The van der Waals surface area contributed by atoms with E-state index in [0.29, 0.717) is 28.6 Å². The zero-order valence-corrected chi connectivity index (χ0v) is 30.4. The molecule has 0 amide bonds. The van der Waals surface area contributed by atoms with Gasteiger partial charge < -0.3 is 25.5 Å². The second-order valence-corrected chi connectivity index (χ2v) is 21.0. The fourth-order valence-electron chi connectivity index (χ4n) is 4.83. The first-order valence-electron chi connectivity index (χ1n) is 14.0. The summed E-state index contributed by atoms with van der Waals surface area (Å²) in [7, 11) is 0. The summed E-state index contributed by atoms with van der Waals surface area (Å²) in [5, 5.41) is 13.0. The lowest BCUT2D eigenvalue weighted by atomic mass is 9.86. The van der Waals surface area contributed by atoms with Crippen LogP contribution in [0, 0.1) is 12.3 Å². The maximum Gasteiger partial charge on any atom is 0.175 e. The number of rotatable bonds is 9. The van der Waals surface area contributed by atoms with Crippen LogP contribution >= 0.6 is 38.9 Å². The molecule has 4 aromatic carbocycles. The van der Waals surface area contributed by atoms with Gasteiger partial charge in [0.2, 0.25) is 0 Å². The van der Waals surface area contributed by atoms with Gasteiger partial charge in [0.05, 0.1) is 0 Å². The zero-order chi connectivity index (χ0) is 32.4. The Hall–Kier alpha value is -3.04. The number of ether oxygens (including phenoxy) is 2. The molecule has 0 radical (unpaired) electrons. The molecule has 0 heterocycles. The van der Waals surface area contributed by atoms with Gasteiger partial charge in [0.1, 0.15) is 34.2 Å². The number of benzene rings is 4. The molecule has 0 saturated heterocycles. The summed E-state index contributed by atoms with van der Waals surface area (Å²) in [6, 6.07) is 27.6. The number of hydrogen-bond acceptors (Lipinski definition) is 6. The summed E-state index contributed by atoms with van der Waals surface area (Å²) in [5.41, 5.74) is 10.5. The maximum absolute atomic E-state index is 13.0. The van der Waals surface area contributed by atoms with Gasteiger partial charge in [-0.1, -0.05) is 26.8 Å². The molecule has 0 saturated carbocycles. The van der Waals surface area contributed by atoms with E-state index in [0.717, 1.165) is 22.7 Å². The van der Waals surface area contributed by atoms with Crippen LogP contribution < -0.4 is 21.2 Å². The molecule has 1 atom stereocenters. The van der Waals surface area contributed by atoms with Gasteiger partial charge in [-0.2, -0.15) is 0.910 Å². The fourth-order valence-corrected chi connectivity index (χ4v) is 12.9. The molecule has 8 nitrogen and oxygen atoms in total. The largest absolute Gasteiger partial charge is 0.623 e.